The van der Waals surface area contributed by atoms with Gasteiger partial charge in [-0.3, -0.25) is 14.5 Å². The SMILES string of the molecule is NC(=O)c1scc(CN2C(=O)CNC2=O)c1Cl. The number of urea groups is 1. The van der Waals surface area contributed by atoms with Crippen molar-refractivity contribution in [2.75, 3.05) is 6.54 Å². The Labute approximate surface area is 105 Å². The normalized spacial score (nSPS) is 15.2. The van der Waals surface area contributed by atoms with Gasteiger partial charge >= 0.3 is 6.03 Å². The summed E-state index contributed by atoms with van der Waals surface area (Å²) in [5, 5.41) is 4.21. The summed E-state index contributed by atoms with van der Waals surface area (Å²) in [5.74, 6) is -0.943. The van der Waals surface area contributed by atoms with E-state index >= 15 is 0 Å². The minimum absolute atomic E-state index is 0.0106. The van der Waals surface area contributed by atoms with Crippen LogP contribution in [0.1, 0.15) is 15.2 Å². The van der Waals surface area contributed by atoms with Gasteiger partial charge in [-0.1, -0.05) is 11.6 Å². The molecule has 90 valence electrons. The van der Waals surface area contributed by atoms with Crippen LogP contribution >= 0.6 is 22.9 Å². The Balaban J connectivity index is 2.22. The fourth-order valence-electron chi connectivity index (χ4n) is 1.44. The van der Waals surface area contributed by atoms with Gasteiger partial charge in [0.25, 0.3) is 5.91 Å². The van der Waals surface area contributed by atoms with Crippen LogP contribution in [-0.2, 0) is 11.3 Å². The molecule has 1 saturated heterocycles. The predicted octanol–water partition coefficient (Wildman–Crippen LogP) is 0.552. The Bertz CT molecular complexity index is 498. The Morgan fingerprint density at radius 1 is 1.59 bits per heavy atom. The minimum atomic E-state index is -0.622. The smallest absolute Gasteiger partial charge is 0.324 e. The van der Waals surface area contributed by atoms with Gasteiger partial charge in [0.15, 0.2) is 0 Å². The summed E-state index contributed by atoms with van der Waals surface area (Å²) in [6.07, 6.45) is 0. The van der Waals surface area contributed by atoms with Crippen LogP contribution in [0.5, 0.6) is 0 Å². The van der Waals surface area contributed by atoms with Crippen LogP contribution in [-0.4, -0.2) is 29.3 Å². The van der Waals surface area contributed by atoms with Gasteiger partial charge in [0.1, 0.15) is 4.88 Å². The van der Waals surface area contributed by atoms with Gasteiger partial charge in [-0.2, -0.15) is 0 Å². The van der Waals surface area contributed by atoms with Crippen LogP contribution in [0.15, 0.2) is 5.38 Å². The second kappa shape index (κ2) is 4.34. The predicted molar refractivity (Wildman–Crippen MR) is 61.8 cm³/mol. The highest BCUT2D eigenvalue weighted by Crippen LogP contribution is 2.28. The second-order valence-corrected chi connectivity index (χ2v) is 4.66. The molecule has 6 nitrogen and oxygen atoms in total. The standard InChI is InChI=1S/C9H8ClN3O3S/c10-6-4(3-17-7(6)8(11)15)2-13-5(14)1-12-9(13)16/h3H,1-2H2,(H2,11,15)(H,12,16). The third kappa shape index (κ3) is 2.11. The van der Waals surface area contributed by atoms with E-state index in [2.05, 4.69) is 5.32 Å². The fourth-order valence-corrected chi connectivity index (χ4v) is 2.65. The third-order valence-corrected chi connectivity index (χ3v) is 3.88. The molecule has 0 aliphatic carbocycles. The van der Waals surface area contributed by atoms with Crippen LogP contribution < -0.4 is 11.1 Å². The maximum atomic E-state index is 11.4. The maximum absolute atomic E-state index is 11.4. The first-order valence-corrected chi connectivity index (χ1v) is 5.90. The summed E-state index contributed by atoms with van der Waals surface area (Å²) < 4.78 is 0. The van der Waals surface area contributed by atoms with Gasteiger partial charge in [-0.15, -0.1) is 11.3 Å². The molecule has 17 heavy (non-hydrogen) atoms. The highest BCUT2D eigenvalue weighted by atomic mass is 35.5. The molecule has 2 rings (SSSR count). The van der Waals surface area contributed by atoms with Crippen molar-refractivity contribution in [2.45, 2.75) is 6.54 Å². The number of nitrogens with one attached hydrogen (secondary N) is 1. The van der Waals surface area contributed by atoms with E-state index in [1.165, 1.54) is 0 Å². The molecule has 1 aromatic heterocycles. The van der Waals surface area contributed by atoms with Crippen molar-refractivity contribution in [1.29, 1.82) is 0 Å². The molecule has 0 radical (unpaired) electrons. The molecule has 3 N–H and O–H groups in total. The zero-order chi connectivity index (χ0) is 12.6. The minimum Gasteiger partial charge on any atom is -0.365 e. The number of halogens is 1. The molecule has 1 aliphatic rings. The summed E-state index contributed by atoms with van der Waals surface area (Å²) in [7, 11) is 0. The van der Waals surface area contributed by atoms with Gasteiger partial charge in [0, 0.05) is 5.56 Å². The number of hydrogen-bond acceptors (Lipinski definition) is 4. The number of nitrogens with two attached hydrogens (primary N) is 1. The van der Waals surface area contributed by atoms with Crippen molar-refractivity contribution in [2.24, 2.45) is 5.73 Å². The van der Waals surface area contributed by atoms with Crippen LogP contribution in [0.4, 0.5) is 4.79 Å². The lowest BCUT2D eigenvalue weighted by molar-refractivity contribution is -0.125. The van der Waals surface area contributed by atoms with Crippen molar-refractivity contribution < 1.29 is 14.4 Å². The molecule has 0 aromatic carbocycles. The average Bonchev–Trinajstić information content (AvgIpc) is 2.77. The second-order valence-electron chi connectivity index (χ2n) is 3.41. The van der Waals surface area contributed by atoms with E-state index in [0.717, 1.165) is 16.2 Å². The van der Waals surface area contributed by atoms with E-state index in [0.29, 0.717) is 5.56 Å². The molecule has 1 aromatic rings. The number of hydrogen-bond donors (Lipinski definition) is 2. The molecular formula is C9H8ClN3O3S. The van der Waals surface area contributed by atoms with Crippen LogP contribution in [0.25, 0.3) is 0 Å². The molecular weight excluding hydrogens is 266 g/mol. The lowest BCUT2D eigenvalue weighted by atomic mass is 10.3. The number of carbonyl (C=O) groups is 3. The van der Waals surface area contributed by atoms with Crippen LogP contribution in [0.2, 0.25) is 5.02 Å². The molecule has 1 aliphatic heterocycles. The highest BCUT2D eigenvalue weighted by molar-refractivity contribution is 7.13. The number of imide groups is 1. The van der Waals surface area contributed by atoms with E-state index in [1.807, 2.05) is 0 Å². The number of rotatable bonds is 3. The first-order valence-electron chi connectivity index (χ1n) is 4.64. The monoisotopic (exact) mass is 273 g/mol. The zero-order valence-electron chi connectivity index (χ0n) is 8.53. The van der Waals surface area contributed by atoms with Gasteiger partial charge in [-0.25, -0.2) is 4.79 Å². The lowest BCUT2D eigenvalue weighted by Gasteiger charge is -2.11. The molecule has 0 bridgehead atoms. The van der Waals surface area contributed by atoms with E-state index in [-0.39, 0.29) is 28.9 Å². The van der Waals surface area contributed by atoms with Gasteiger partial charge < -0.3 is 11.1 Å². The number of primary amides is 1. The zero-order valence-corrected chi connectivity index (χ0v) is 10.1. The van der Waals surface area contributed by atoms with E-state index in [4.69, 9.17) is 17.3 Å². The molecule has 0 saturated carbocycles. The van der Waals surface area contributed by atoms with E-state index in [9.17, 15) is 14.4 Å². The summed E-state index contributed by atoms with van der Waals surface area (Å²) >= 11 is 7.03. The molecule has 4 amide bonds. The number of carbonyl (C=O) groups excluding carboxylic acids is 3. The van der Waals surface area contributed by atoms with E-state index in [1.54, 1.807) is 5.38 Å². The van der Waals surface area contributed by atoms with Crippen molar-refractivity contribution in [3.05, 3.63) is 20.8 Å². The Morgan fingerprint density at radius 3 is 2.76 bits per heavy atom. The highest BCUT2D eigenvalue weighted by Gasteiger charge is 2.29. The van der Waals surface area contributed by atoms with Crippen LogP contribution in [0, 0.1) is 0 Å². The molecule has 1 fully saturated rings. The Kier molecular flexibility index (Phi) is 3.03. The van der Waals surface area contributed by atoms with Crippen molar-refractivity contribution >= 4 is 40.8 Å². The van der Waals surface area contributed by atoms with Gasteiger partial charge in [-0.05, 0) is 5.38 Å². The lowest BCUT2D eigenvalue weighted by Crippen LogP contribution is -2.30. The average molecular weight is 274 g/mol. The summed E-state index contributed by atoms with van der Waals surface area (Å²) in [4.78, 5) is 34.9. The van der Waals surface area contributed by atoms with E-state index < -0.39 is 11.9 Å². The third-order valence-electron chi connectivity index (χ3n) is 2.29. The summed E-state index contributed by atoms with van der Waals surface area (Å²) in [5.41, 5.74) is 5.66. The largest absolute Gasteiger partial charge is 0.365 e. The van der Waals surface area contributed by atoms with Gasteiger partial charge in [0.2, 0.25) is 5.91 Å². The maximum Gasteiger partial charge on any atom is 0.324 e. The number of nitrogens with zero attached hydrogens (tertiary/aromatic N) is 1. The summed E-state index contributed by atoms with van der Waals surface area (Å²) in [6.45, 7) is 0.0382. The molecule has 0 spiro atoms. The van der Waals surface area contributed by atoms with Gasteiger partial charge in [0.05, 0.1) is 18.1 Å². The molecule has 8 heteroatoms. The first kappa shape index (κ1) is 11.9. The molecule has 0 unspecified atom stereocenters. The van der Waals surface area contributed by atoms with Crippen LogP contribution in [0.3, 0.4) is 0 Å². The van der Waals surface area contributed by atoms with Crippen molar-refractivity contribution in [3.8, 4) is 0 Å². The number of thiophene rings is 1. The molecule has 0 atom stereocenters. The fraction of sp³-hybridized carbons (Fsp3) is 0.222. The number of amides is 4. The topological polar surface area (TPSA) is 92.5 Å². The Hall–Kier alpha value is -1.60. The van der Waals surface area contributed by atoms with Crippen molar-refractivity contribution in [3.63, 3.8) is 0 Å². The summed E-state index contributed by atoms with van der Waals surface area (Å²) in [6, 6.07) is -0.460. The Morgan fingerprint density at radius 2 is 2.29 bits per heavy atom. The first-order chi connectivity index (χ1) is 8.00. The van der Waals surface area contributed by atoms with Crippen molar-refractivity contribution in [1.82, 2.24) is 10.2 Å². The molecule has 2 heterocycles. The quantitative estimate of drug-likeness (QED) is 0.788.